The molecule has 0 bridgehead atoms. The first kappa shape index (κ1) is 15.2. The molecule has 1 aliphatic carbocycles. The highest BCUT2D eigenvalue weighted by molar-refractivity contribution is 5.97. The van der Waals surface area contributed by atoms with Crippen molar-refractivity contribution in [3.63, 3.8) is 0 Å². The average Bonchev–Trinajstić information content (AvgIpc) is 2.84. The zero-order chi connectivity index (χ0) is 15.7. The molecule has 3 rings (SSSR count). The van der Waals surface area contributed by atoms with E-state index in [1.807, 2.05) is 38.1 Å². The summed E-state index contributed by atoms with van der Waals surface area (Å²) in [4.78, 5) is 12.8. The van der Waals surface area contributed by atoms with E-state index < -0.39 is 5.72 Å². The second-order valence-corrected chi connectivity index (χ2v) is 6.71. The lowest BCUT2D eigenvalue weighted by Gasteiger charge is -2.40. The summed E-state index contributed by atoms with van der Waals surface area (Å²) in [5.41, 5.74) is 1.37. The standard InChI is InChI=1S/C18H24N2O2/c1-13-8-10-15(11-9-13)17(21)20-18(22,12-14(2)19-20)16-6-4-3-5-7-16/h8-11,16,22H,3-7,12H2,1-2H3/t18-/m1/s1. The van der Waals surface area contributed by atoms with Crippen LogP contribution in [0, 0.1) is 12.8 Å². The Bertz CT molecular complexity index is 588. The van der Waals surface area contributed by atoms with E-state index in [0.717, 1.165) is 37.0 Å². The second-order valence-electron chi connectivity index (χ2n) is 6.71. The maximum atomic E-state index is 12.8. The molecule has 1 aliphatic heterocycles. The summed E-state index contributed by atoms with van der Waals surface area (Å²) in [7, 11) is 0. The van der Waals surface area contributed by atoms with E-state index in [1.165, 1.54) is 11.4 Å². The third kappa shape index (κ3) is 2.68. The van der Waals surface area contributed by atoms with E-state index in [9.17, 15) is 9.90 Å². The number of carbonyl (C=O) groups is 1. The Hall–Kier alpha value is -1.68. The number of aliphatic hydroxyl groups is 1. The van der Waals surface area contributed by atoms with Crippen LogP contribution in [0.25, 0.3) is 0 Å². The van der Waals surface area contributed by atoms with Crippen molar-refractivity contribution in [2.75, 3.05) is 0 Å². The molecule has 118 valence electrons. The van der Waals surface area contributed by atoms with E-state index >= 15 is 0 Å². The molecule has 2 aliphatic rings. The summed E-state index contributed by atoms with van der Waals surface area (Å²) in [5.74, 6) is -0.0817. The van der Waals surface area contributed by atoms with Gasteiger partial charge in [-0.25, -0.2) is 0 Å². The number of nitrogens with zero attached hydrogens (tertiary/aromatic N) is 2. The number of benzene rings is 1. The zero-order valence-electron chi connectivity index (χ0n) is 13.4. The predicted octanol–water partition coefficient (Wildman–Crippen LogP) is 3.49. The van der Waals surface area contributed by atoms with E-state index in [4.69, 9.17) is 0 Å². The first-order valence-corrected chi connectivity index (χ1v) is 8.18. The monoisotopic (exact) mass is 300 g/mol. The molecule has 4 heteroatoms. The van der Waals surface area contributed by atoms with Crippen molar-refractivity contribution in [1.82, 2.24) is 5.01 Å². The highest BCUT2D eigenvalue weighted by atomic mass is 16.3. The van der Waals surface area contributed by atoms with Gasteiger partial charge >= 0.3 is 0 Å². The zero-order valence-corrected chi connectivity index (χ0v) is 13.4. The number of aryl methyl sites for hydroxylation is 1. The molecule has 0 radical (unpaired) electrons. The quantitative estimate of drug-likeness (QED) is 0.909. The van der Waals surface area contributed by atoms with Crippen LogP contribution in [0.3, 0.4) is 0 Å². The highest BCUT2D eigenvalue weighted by Gasteiger charge is 2.49. The van der Waals surface area contributed by atoms with Gasteiger partial charge in [-0.3, -0.25) is 4.79 Å². The van der Waals surface area contributed by atoms with Crippen LogP contribution in [-0.4, -0.2) is 27.5 Å². The molecule has 22 heavy (non-hydrogen) atoms. The Balaban J connectivity index is 1.88. The number of hydrogen-bond acceptors (Lipinski definition) is 3. The maximum Gasteiger partial charge on any atom is 0.276 e. The van der Waals surface area contributed by atoms with Gasteiger partial charge < -0.3 is 5.11 Å². The summed E-state index contributed by atoms with van der Waals surface area (Å²) in [6, 6.07) is 7.45. The van der Waals surface area contributed by atoms with Crippen LogP contribution in [0.1, 0.15) is 61.4 Å². The molecule has 0 saturated heterocycles. The molecule has 0 spiro atoms. The van der Waals surface area contributed by atoms with Crippen molar-refractivity contribution in [1.29, 1.82) is 0 Å². The normalized spacial score (nSPS) is 26.1. The number of rotatable bonds is 2. The number of hydrazone groups is 1. The van der Waals surface area contributed by atoms with Gasteiger partial charge in [0.25, 0.3) is 5.91 Å². The summed E-state index contributed by atoms with van der Waals surface area (Å²) in [5, 5.41) is 16.9. The molecule has 0 unspecified atom stereocenters. The van der Waals surface area contributed by atoms with Crippen LogP contribution in [0.15, 0.2) is 29.4 Å². The number of amides is 1. The fourth-order valence-corrected chi connectivity index (χ4v) is 3.67. The molecule has 1 atom stereocenters. The van der Waals surface area contributed by atoms with Crippen LogP contribution in [0.2, 0.25) is 0 Å². The predicted molar refractivity (Wildman–Crippen MR) is 86.6 cm³/mol. The third-order valence-electron chi connectivity index (χ3n) is 4.90. The van der Waals surface area contributed by atoms with Gasteiger partial charge in [0.2, 0.25) is 0 Å². The molecule has 0 aromatic heterocycles. The molecule has 1 aromatic rings. The fraction of sp³-hybridized carbons (Fsp3) is 0.556. The minimum atomic E-state index is -1.15. The second kappa shape index (κ2) is 5.84. The Morgan fingerprint density at radius 1 is 1.18 bits per heavy atom. The molecular formula is C18H24N2O2. The van der Waals surface area contributed by atoms with Gasteiger partial charge in [-0.1, -0.05) is 37.0 Å². The average molecular weight is 300 g/mol. The molecule has 1 fully saturated rings. The summed E-state index contributed by atoms with van der Waals surface area (Å²) in [6.45, 7) is 3.88. The van der Waals surface area contributed by atoms with Crippen LogP contribution in [0.5, 0.6) is 0 Å². The lowest BCUT2D eigenvalue weighted by molar-refractivity contribution is -0.122. The van der Waals surface area contributed by atoms with Gasteiger partial charge in [0.05, 0.1) is 0 Å². The van der Waals surface area contributed by atoms with Crippen LogP contribution < -0.4 is 0 Å². The number of hydrogen-bond donors (Lipinski definition) is 1. The van der Waals surface area contributed by atoms with Crippen molar-refractivity contribution in [3.8, 4) is 0 Å². The first-order valence-electron chi connectivity index (χ1n) is 8.18. The van der Waals surface area contributed by atoms with Crippen LogP contribution >= 0.6 is 0 Å². The minimum absolute atomic E-state index is 0.122. The third-order valence-corrected chi connectivity index (χ3v) is 4.90. The lowest BCUT2D eigenvalue weighted by Crippen LogP contribution is -2.52. The van der Waals surface area contributed by atoms with Crippen molar-refractivity contribution in [3.05, 3.63) is 35.4 Å². The molecule has 1 N–H and O–H groups in total. The van der Waals surface area contributed by atoms with Crippen LogP contribution in [-0.2, 0) is 0 Å². The van der Waals surface area contributed by atoms with Gasteiger partial charge in [0.1, 0.15) is 0 Å². The molecule has 1 aromatic carbocycles. The van der Waals surface area contributed by atoms with Crippen molar-refractivity contribution in [2.45, 2.75) is 58.1 Å². The Kier molecular flexibility index (Phi) is 4.04. The smallest absolute Gasteiger partial charge is 0.276 e. The SMILES string of the molecule is CC1=NN(C(=O)c2ccc(C)cc2)[C@](O)(C2CCCCC2)C1. The largest absolute Gasteiger partial charge is 0.368 e. The van der Waals surface area contributed by atoms with Gasteiger partial charge in [0, 0.05) is 23.6 Å². The summed E-state index contributed by atoms with van der Waals surface area (Å²) < 4.78 is 0. The Labute approximate surface area is 131 Å². The van der Waals surface area contributed by atoms with E-state index in [0.29, 0.717) is 12.0 Å². The fourth-order valence-electron chi connectivity index (χ4n) is 3.67. The Morgan fingerprint density at radius 2 is 1.82 bits per heavy atom. The van der Waals surface area contributed by atoms with Gasteiger partial charge in [-0.05, 0) is 38.8 Å². The summed E-state index contributed by atoms with van der Waals surface area (Å²) in [6.07, 6.45) is 5.87. The molecular weight excluding hydrogens is 276 g/mol. The molecule has 4 nitrogen and oxygen atoms in total. The lowest BCUT2D eigenvalue weighted by atomic mass is 9.79. The van der Waals surface area contributed by atoms with E-state index in [1.54, 1.807) is 0 Å². The minimum Gasteiger partial charge on any atom is -0.368 e. The van der Waals surface area contributed by atoms with Gasteiger partial charge in [0.15, 0.2) is 5.72 Å². The van der Waals surface area contributed by atoms with Crippen molar-refractivity contribution < 1.29 is 9.90 Å². The molecule has 1 heterocycles. The van der Waals surface area contributed by atoms with E-state index in [2.05, 4.69) is 5.10 Å². The van der Waals surface area contributed by atoms with Gasteiger partial charge in [-0.15, -0.1) is 0 Å². The highest BCUT2D eigenvalue weighted by Crippen LogP contribution is 2.41. The molecule has 1 saturated carbocycles. The Morgan fingerprint density at radius 3 is 2.45 bits per heavy atom. The van der Waals surface area contributed by atoms with Gasteiger partial charge in [-0.2, -0.15) is 10.1 Å². The first-order chi connectivity index (χ1) is 10.5. The van der Waals surface area contributed by atoms with E-state index in [-0.39, 0.29) is 11.8 Å². The number of carbonyl (C=O) groups excluding carboxylic acids is 1. The summed E-state index contributed by atoms with van der Waals surface area (Å²) >= 11 is 0. The maximum absolute atomic E-state index is 12.8. The topological polar surface area (TPSA) is 52.9 Å². The van der Waals surface area contributed by atoms with Crippen molar-refractivity contribution in [2.24, 2.45) is 11.0 Å². The van der Waals surface area contributed by atoms with Crippen molar-refractivity contribution >= 4 is 11.6 Å². The molecule has 1 amide bonds. The van der Waals surface area contributed by atoms with Crippen LogP contribution in [0.4, 0.5) is 0 Å².